The zero-order chi connectivity index (χ0) is 13.7. The van der Waals surface area contributed by atoms with Crippen molar-refractivity contribution in [2.75, 3.05) is 20.3 Å². The van der Waals surface area contributed by atoms with E-state index in [9.17, 15) is 4.79 Å². The molecule has 1 aromatic heterocycles. The molecule has 0 saturated carbocycles. The fourth-order valence-corrected chi connectivity index (χ4v) is 1.96. The molecular weight excluding hydrogens is 244 g/mol. The van der Waals surface area contributed by atoms with Crippen LogP contribution in [0.3, 0.4) is 0 Å². The Labute approximate surface area is 111 Å². The molecule has 0 fully saturated rings. The van der Waals surface area contributed by atoms with Gasteiger partial charge in [0.15, 0.2) is 0 Å². The van der Waals surface area contributed by atoms with Crippen LogP contribution in [-0.2, 0) is 11.3 Å². The topological polar surface area (TPSA) is 63.5 Å². The average molecular weight is 262 g/mol. The van der Waals surface area contributed by atoms with Gasteiger partial charge in [-0.1, -0.05) is 0 Å². The number of hydrogen-bond donors (Lipinski definition) is 2. The predicted molar refractivity (Wildman–Crippen MR) is 73.2 cm³/mol. The molecule has 5 nitrogen and oxygen atoms in total. The summed E-state index contributed by atoms with van der Waals surface area (Å²) in [4.78, 5) is 11.7. The van der Waals surface area contributed by atoms with E-state index in [1.807, 2.05) is 35.0 Å². The first-order valence-corrected chi connectivity index (χ1v) is 6.25. The van der Waals surface area contributed by atoms with Crippen LogP contribution in [0.15, 0.2) is 30.5 Å². The van der Waals surface area contributed by atoms with E-state index in [0.29, 0.717) is 13.0 Å². The smallest absolute Gasteiger partial charge is 0.239 e. The fraction of sp³-hybridized carbons (Fsp3) is 0.357. The van der Waals surface area contributed by atoms with Crippen LogP contribution >= 0.6 is 0 Å². The highest BCUT2D eigenvalue weighted by Gasteiger charge is 2.06. The summed E-state index contributed by atoms with van der Waals surface area (Å²) >= 11 is 0. The maximum atomic E-state index is 11.7. The highest BCUT2D eigenvalue weighted by molar-refractivity contribution is 5.84. The van der Waals surface area contributed by atoms with E-state index < -0.39 is 0 Å². The molecule has 0 aliphatic rings. The second-order valence-electron chi connectivity index (χ2n) is 4.30. The molecule has 2 aromatic rings. The van der Waals surface area contributed by atoms with Crippen molar-refractivity contribution >= 4 is 16.8 Å². The first kappa shape index (κ1) is 13.4. The molecule has 0 saturated heterocycles. The summed E-state index contributed by atoms with van der Waals surface area (Å²) in [5, 5.41) is 12.5. The molecule has 0 unspecified atom stereocenters. The monoisotopic (exact) mass is 262 g/mol. The Balaban J connectivity index is 2.06. The van der Waals surface area contributed by atoms with E-state index in [1.54, 1.807) is 7.11 Å². The number of carbonyl (C=O) groups is 1. The Morgan fingerprint density at radius 2 is 2.26 bits per heavy atom. The quantitative estimate of drug-likeness (QED) is 0.768. The molecule has 2 rings (SSSR count). The molecule has 102 valence electrons. The molecule has 0 atom stereocenters. The number of hydrogen-bond acceptors (Lipinski definition) is 3. The second kappa shape index (κ2) is 6.24. The van der Waals surface area contributed by atoms with Crippen molar-refractivity contribution in [3.8, 4) is 5.75 Å². The van der Waals surface area contributed by atoms with E-state index in [4.69, 9.17) is 9.84 Å². The van der Waals surface area contributed by atoms with Gasteiger partial charge in [-0.15, -0.1) is 0 Å². The lowest BCUT2D eigenvalue weighted by atomic mass is 10.2. The van der Waals surface area contributed by atoms with Crippen LogP contribution in [0.5, 0.6) is 5.75 Å². The summed E-state index contributed by atoms with van der Waals surface area (Å²) < 4.78 is 7.06. The number of nitrogens with one attached hydrogen (secondary N) is 1. The molecule has 0 aliphatic heterocycles. The molecule has 2 N–H and O–H groups in total. The number of carbonyl (C=O) groups excluding carboxylic acids is 1. The minimum absolute atomic E-state index is 0.0539. The van der Waals surface area contributed by atoms with Gasteiger partial charge >= 0.3 is 0 Å². The van der Waals surface area contributed by atoms with Gasteiger partial charge in [-0.2, -0.15) is 0 Å². The number of benzene rings is 1. The standard InChI is InChI=1S/C14H18N2O3/c1-19-12-3-4-13-11(9-12)5-7-16(13)10-14(18)15-6-2-8-17/h3-5,7,9,17H,2,6,8,10H2,1H3,(H,15,18). The molecule has 1 heterocycles. The summed E-state index contributed by atoms with van der Waals surface area (Å²) in [7, 11) is 1.63. The van der Waals surface area contributed by atoms with Gasteiger partial charge in [-0.25, -0.2) is 0 Å². The number of aliphatic hydroxyl groups is 1. The molecule has 0 spiro atoms. The van der Waals surface area contributed by atoms with Gasteiger partial charge in [0.25, 0.3) is 0 Å². The zero-order valence-corrected chi connectivity index (χ0v) is 10.9. The number of amides is 1. The van der Waals surface area contributed by atoms with Gasteiger partial charge in [0, 0.05) is 30.3 Å². The van der Waals surface area contributed by atoms with Crippen LogP contribution in [0.1, 0.15) is 6.42 Å². The largest absolute Gasteiger partial charge is 0.497 e. The SMILES string of the molecule is COc1ccc2c(ccn2CC(=O)NCCCO)c1. The van der Waals surface area contributed by atoms with Crippen LogP contribution < -0.4 is 10.1 Å². The maximum absolute atomic E-state index is 11.7. The van der Waals surface area contributed by atoms with Crippen LogP contribution in [0, 0.1) is 0 Å². The average Bonchev–Trinajstić information content (AvgIpc) is 2.81. The third kappa shape index (κ3) is 3.26. The number of nitrogens with zero attached hydrogens (tertiary/aromatic N) is 1. The van der Waals surface area contributed by atoms with E-state index in [2.05, 4.69) is 5.32 Å². The minimum atomic E-state index is -0.0539. The van der Waals surface area contributed by atoms with Crippen LogP contribution in [-0.4, -0.2) is 35.8 Å². The molecule has 0 aliphatic carbocycles. The summed E-state index contributed by atoms with van der Waals surface area (Å²) in [6, 6.07) is 7.71. The van der Waals surface area contributed by atoms with E-state index >= 15 is 0 Å². The molecular formula is C14H18N2O3. The van der Waals surface area contributed by atoms with Crippen LogP contribution in [0.2, 0.25) is 0 Å². The molecule has 19 heavy (non-hydrogen) atoms. The highest BCUT2D eigenvalue weighted by Crippen LogP contribution is 2.21. The van der Waals surface area contributed by atoms with Crippen molar-refractivity contribution in [3.05, 3.63) is 30.5 Å². The van der Waals surface area contributed by atoms with Crippen LogP contribution in [0.4, 0.5) is 0 Å². The van der Waals surface area contributed by atoms with E-state index in [1.165, 1.54) is 0 Å². The normalized spacial score (nSPS) is 10.6. The Hall–Kier alpha value is -2.01. The van der Waals surface area contributed by atoms with Gasteiger partial charge in [-0.3, -0.25) is 4.79 Å². The Morgan fingerprint density at radius 1 is 1.42 bits per heavy atom. The first-order valence-electron chi connectivity index (χ1n) is 6.25. The van der Waals surface area contributed by atoms with Crippen molar-refractivity contribution in [1.82, 2.24) is 9.88 Å². The third-order valence-corrected chi connectivity index (χ3v) is 2.95. The van der Waals surface area contributed by atoms with E-state index in [0.717, 1.165) is 16.7 Å². The van der Waals surface area contributed by atoms with Crippen molar-refractivity contribution in [3.63, 3.8) is 0 Å². The first-order chi connectivity index (χ1) is 9.24. The fourth-order valence-electron chi connectivity index (χ4n) is 1.96. The van der Waals surface area contributed by atoms with Crippen molar-refractivity contribution in [2.24, 2.45) is 0 Å². The lowest BCUT2D eigenvalue weighted by Gasteiger charge is -2.07. The second-order valence-corrected chi connectivity index (χ2v) is 4.30. The lowest BCUT2D eigenvalue weighted by Crippen LogP contribution is -2.28. The Kier molecular flexibility index (Phi) is 4.41. The molecule has 1 amide bonds. The Morgan fingerprint density at radius 3 is 3.00 bits per heavy atom. The maximum Gasteiger partial charge on any atom is 0.239 e. The number of ether oxygens (including phenoxy) is 1. The number of fused-ring (bicyclic) bond motifs is 1. The summed E-state index contributed by atoms with van der Waals surface area (Å²) in [6.07, 6.45) is 2.46. The van der Waals surface area contributed by atoms with Gasteiger partial charge in [0.05, 0.1) is 7.11 Å². The molecule has 0 bridgehead atoms. The van der Waals surface area contributed by atoms with Gasteiger partial charge in [0.2, 0.25) is 5.91 Å². The van der Waals surface area contributed by atoms with Gasteiger partial charge in [0.1, 0.15) is 12.3 Å². The van der Waals surface area contributed by atoms with Gasteiger partial charge in [-0.05, 0) is 30.7 Å². The van der Waals surface area contributed by atoms with Crippen molar-refractivity contribution in [1.29, 1.82) is 0 Å². The molecule has 0 radical (unpaired) electrons. The predicted octanol–water partition coefficient (Wildman–Crippen LogP) is 1.15. The van der Waals surface area contributed by atoms with Gasteiger partial charge < -0.3 is 19.7 Å². The van der Waals surface area contributed by atoms with Crippen LogP contribution in [0.25, 0.3) is 10.9 Å². The van der Waals surface area contributed by atoms with Crippen molar-refractivity contribution in [2.45, 2.75) is 13.0 Å². The molecule has 1 aromatic carbocycles. The zero-order valence-electron chi connectivity index (χ0n) is 10.9. The molecule has 5 heteroatoms. The Bertz CT molecular complexity index is 563. The lowest BCUT2D eigenvalue weighted by molar-refractivity contribution is -0.121. The highest BCUT2D eigenvalue weighted by atomic mass is 16.5. The summed E-state index contributed by atoms with van der Waals surface area (Å²) in [5.74, 6) is 0.749. The number of rotatable bonds is 6. The summed E-state index contributed by atoms with van der Waals surface area (Å²) in [6.45, 7) is 0.871. The number of aliphatic hydroxyl groups excluding tert-OH is 1. The number of methoxy groups -OCH3 is 1. The third-order valence-electron chi connectivity index (χ3n) is 2.95. The number of aromatic nitrogens is 1. The van der Waals surface area contributed by atoms with Crippen molar-refractivity contribution < 1.29 is 14.6 Å². The summed E-state index contributed by atoms with van der Waals surface area (Å²) in [5.41, 5.74) is 0.998. The minimum Gasteiger partial charge on any atom is -0.497 e. The van der Waals surface area contributed by atoms with E-state index in [-0.39, 0.29) is 19.1 Å².